The van der Waals surface area contributed by atoms with Crippen LogP contribution in [0.2, 0.25) is 0 Å². The predicted octanol–water partition coefficient (Wildman–Crippen LogP) is 0.317. The number of nitrogens with zero attached hydrogens (tertiary/aromatic N) is 1. The quantitative estimate of drug-likeness (QED) is 0.416. The molecular weight excluding hydrogens is 170 g/mol. The summed E-state index contributed by atoms with van der Waals surface area (Å²) in [5.41, 5.74) is 0.515. The van der Waals surface area contributed by atoms with Gasteiger partial charge in [0.15, 0.2) is 0 Å². The maximum Gasteiger partial charge on any atom is 0.316 e. The van der Waals surface area contributed by atoms with Gasteiger partial charge in [0.1, 0.15) is 6.42 Å². The Balaban J connectivity index is 2.63. The Labute approximate surface area is 76.3 Å². The lowest BCUT2D eigenvalue weighted by atomic mass is 10.3. The number of aromatic nitrogens is 1. The molecule has 1 aromatic rings. The predicted molar refractivity (Wildman–Crippen MR) is 44.2 cm³/mol. The fourth-order valence-electron chi connectivity index (χ4n) is 0.970. The molecule has 4 nitrogen and oxygen atoms in total. The van der Waals surface area contributed by atoms with Crippen molar-refractivity contribution in [2.75, 3.05) is 6.61 Å². The normalized spacial score (nSPS) is 9.62. The summed E-state index contributed by atoms with van der Waals surface area (Å²) in [6.45, 7) is 2.10. The van der Waals surface area contributed by atoms with Crippen LogP contribution in [0.25, 0.3) is 0 Å². The first kappa shape index (κ1) is 9.51. The number of ether oxygens (including phenoxy) is 1. The fraction of sp³-hybridized carbons (Fsp3) is 0.333. The summed E-state index contributed by atoms with van der Waals surface area (Å²) in [7, 11) is 0. The second kappa shape index (κ2) is 4.45. The highest BCUT2D eigenvalue weighted by Gasteiger charge is 2.13. The van der Waals surface area contributed by atoms with E-state index in [-0.39, 0.29) is 12.4 Å². The van der Waals surface area contributed by atoms with Crippen molar-refractivity contribution in [2.24, 2.45) is 0 Å². The molecule has 0 aliphatic carbocycles. The summed E-state index contributed by atoms with van der Waals surface area (Å²) >= 11 is 0. The summed E-state index contributed by atoms with van der Waals surface area (Å²) in [5, 5.41) is 9.24. The van der Waals surface area contributed by atoms with E-state index in [2.05, 4.69) is 0 Å². The van der Waals surface area contributed by atoms with E-state index in [1.54, 1.807) is 25.1 Å². The van der Waals surface area contributed by atoms with Crippen LogP contribution in [0.3, 0.4) is 0 Å². The van der Waals surface area contributed by atoms with Crippen LogP contribution in [0.1, 0.15) is 12.6 Å². The van der Waals surface area contributed by atoms with Crippen molar-refractivity contribution >= 4 is 5.97 Å². The molecule has 0 aliphatic rings. The van der Waals surface area contributed by atoms with Crippen LogP contribution in [0.4, 0.5) is 0 Å². The second-order valence-corrected chi connectivity index (χ2v) is 2.52. The monoisotopic (exact) mass is 182 g/mol. The number of esters is 1. The molecule has 1 aromatic heterocycles. The molecule has 0 bridgehead atoms. The van der Waals surface area contributed by atoms with Gasteiger partial charge < -0.3 is 4.74 Å². The van der Waals surface area contributed by atoms with Crippen molar-refractivity contribution in [3.63, 3.8) is 0 Å². The zero-order valence-electron chi connectivity index (χ0n) is 7.43. The lowest BCUT2D eigenvalue weighted by molar-refractivity contribution is -0.909. The Morgan fingerprint density at radius 3 is 3.00 bits per heavy atom. The second-order valence-electron chi connectivity index (χ2n) is 2.52. The molecule has 0 saturated carbocycles. The minimum atomic E-state index is -0.337. The highest BCUT2D eigenvalue weighted by Crippen LogP contribution is 1.93. The zero-order valence-corrected chi connectivity index (χ0v) is 7.43. The van der Waals surface area contributed by atoms with Crippen molar-refractivity contribution in [1.82, 2.24) is 0 Å². The van der Waals surface area contributed by atoms with E-state index in [4.69, 9.17) is 4.74 Å². The Hall–Kier alpha value is -1.58. The largest absolute Gasteiger partial charge is 0.466 e. The van der Waals surface area contributed by atoms with Crippen molar-refractivity contribution in [2.45, 2.75) is 13.3 Å². The maximum absolute atomic E-state index is 11.0. The third-order valence-electron chi connectivity index (χ3n) is 1.55. The molecule has 0 radical (unpaired) electrons. The summed E-state index contributed by atoms with van der Waals surface area (Å²) in [5.74, 6) is -0.337. The third-order valence-corrected chi connectivity index (χ3v) is 1.55. The first-order chi connectivity index (χ1) is 6.24. The average Bonchev–Trinajstić information content (AvgIpc) is 2.09. The molecule has 0 unspecified atom stereocenters. The van der Waals surface area contributed by atoms with E-state index in [1.807, 2.05) is 0 Å². The van der Waals surface area contributed by atoms with Gasteiger partial charge >= 0.3 is 5.97 Å². The number of carbonyl (C=O) groups is 1. The Morgan fingerprint density at radius 1 is 1.62 bits per heavy atom. The van der Waals surface area contributed by atoms with Crippen LogP contribution in [0, 0.1) is 0 Å². The van der Waals surface area contributed by atoms with Gasteiger partial charge in [-0.2, -0.15) is 0 Å². The van der Waals surface area contributed by atoms with E-state index in [0.717, 1.165) is 4.73 Å². The van der Waals surface area contributed by atoms with Crippen LogP contribution in [0.15, 0.2) is 24.4 Å². The molecular formula is C9H12NO3+. The topological polar surface area (TPSA) is 50.4 Å². The molecule has 1 heterocycles. The van der Waals surface area contributed by atoms with Gasteiger partial charge in [-0.25, -0.2) is 0 Å². The van der Waals surface area contributed by atoms with E-state index in [0.29, 0.717) is 12.3 Å². The molecule has 13 heavy (non-hydrogen) atoms. The molecule has 0 fully saturated rings. The number of hydrogen-bond acceptors (Lipinski definition) is 3. The van der Waals surface area contributed by atoms with Crippen LogP contribution < -0.4 is 4.73 Å². The van der Waals surface area contributed by atoms with E-state index < -0.39 is 0 Å². The van der Waals surface area contributed by atoms with Crippen molar-refractivity contribution in [1.29, 1.82) is 0 Å². The molecule has 1 N–H and O–H groups in total. The van der Waals surface area contributed by atoms with Gasteiger partial charge in [0.25, 0.3) is 0 Å². The molecule has 0 amide bonds. The minimum Gasteiger partial charge on any atom is -0.466 e. The molecule has 70 valence electrons. The fourth-order valence-corrected chi connectivity index (χ4v) is 0.970. The minimum absolute atomic E-state index is 0.0885. The van der Waals surface area contributed by atoms with Crippen molar-refractivity contribution < 1.29 is 19.5 Å². The average molecular weight is 182 g/mol. The molecule has 4 heteroatoms. The molecule has 0 aromatic carbocycles. The van der Waals surface area contributed by atoms with Crippen LogP contribution in [-0.4, -0.2) is 17.8 Å². The summed E-state index contributed by atoms with van der Waals surface area (Å²) in [6.07, 6.45) is 1.56. The van der Waals surface area contributed by atoms with Gasteiger partial charge in [0.2, 0.25) is 11.9 Å². The van der Waals surface area contributed by atoms with E-state index in [1.165, 1.54) is 6.20 Å². The Kier molecular flexibility index (Phi) is 3.25. The first-order valence-electron chi connectivity index (χ1n) is 4.08. The van der Waals surface area contributed by atoms with E-state index >= 15 is 0 Å². The van der Waals surface area contributed by atoms with Crippen molar-refractivity contribution in [3.8, 4) is 0 Å². The number of carbonyl (C=O) groups excluding carboxylic acids is 1. The van der Waals surface area contributed by atoms with Crippen LogP contribution >= 0.6 is 0 Å². The Bertz CT molecular complexity index is 299. The zero-order chi connectivity index (χ0) is 9.68. The van der Waals surface area contributed by atoms with E-state index in [9.17, 15) is 10.0 Å². The van der Waals surface area contributed by atoms with Crippen molar-refractivity contribution in [3.05, 3.63) is 30.1 Å². The molecule has 0 spiro atoms. The smallest absolute Gasteiger partial charge is 0.316 e. The molecule has 1 rings (SSSR count). The summed E-state index contributed by atoms with van der Waals surface area (Å²) in [4.78, 5) is 11.0. The Morgan fingerprint density at radius 2 is 2.38 bits per heavy atom. The maximum atomic E-state index is 11.0. The van der Waals surface area contributed by atoms with Crippen LogP contribution in [-0.2, 0) is 16.0 Å². The molecule has 0 saturated heterocycles. The highest BCUT2D eigenvalue weighted by molar-refractivity contribution is 5.71. The highest BCUT2D eigenvalue weighted by atomic mass is 16.5. The third kappa shape index (κ3) is 2.74. The molecule has 0 aliphatic heterocycles. The summed E-state index contributed by atoms with van der Waals surface area (Å²) < 4.78 is 5.65. The van der Waals surface area contributed by atoms with Crippen LogP contribution in [0.5, 0.6) is 0 Å². The number of rotatable bonds is 3. The van der Waals surface area contributed by atoms with Gasteiger partial charge in [0, 0.05) is 16.9 Å². The SMILES string of the molecule is CCOC(=O)Cc1cccc[n+]1O. The summed E-state index contributed by atoms with van der Waals surface area (Å²) in [6, 6.07) is 5.09. The van der Waals surface area contributed by atoms with Gasteiger partial charge in [-0.15, -0.1) is 0 Å². The molecule has 0 atom stereocenters. The van der Waals surface area contributed by atoms with Gasteiger partial charge in [-0.1, -0.05) is 0 Å². The first-order valence-corrected chi connectivity index (χ1v) is 4.08. The standard InChI is InChI=1S/C9H12NO3/c1-2-13-9(11)7-8-5-3-4-6-10(8)12/h3-6,12H,2,7H2,1H3/q+1. The lowest BCUT2D eigenvalue weighted by Gasteiger charge is -1.98. The van der Waals surface area contributed by atoms with Gasteiger partial charge in [-0.05, 0) is 13.0 Å². The number of hydrogen-bond donors (Lipinski definition) is 1. The van der Waals surface area contributed by atoms with Gasteiger partial charge in [-0.3, -0.25) is 10.0 Å². The number of pyridine rings is 1. The van der Waals surface area contributed by atoms with Gasteiger partial charge in [0.05, 0.1) is 6.61 Å². The lowest BCUT2D eigenvalue weighted by Crippen LogP contribution is -2.35.